The molecule has 0 atom stereocenters. The monoisotopic (exact) mass is 522 g/mol. The molecule has 0 fully saturated rings. The topological polar surface area (TPSA) is 100 Å². The lowest BCUT2D eigenvalue weighted by molar-refractivity contribution is -0.114. The molecule has 0 spiro atoms. The first-order valence-electron chi connectivity index (χ1n) is 11.9. The van der Waals surface area contributed by atoms with E-state index in [1.807, 2.05) is 43.3 Å². The van der Waals surface area contributed by atoms with Crippen LogP contribution in [0, 0.1) is 6.92 Å². The number of thioether (sulfide) groups is 1. The van der Waals surface area contributed by atoms with E-state index in [1.165, 1.54) is 11.8 Å². The summed E-state index contributed by atoms with van der Waals surface area (Å²) in [6.07, 6.45) is 3.25. The van der Waals surface area contributed by atoms with Crippen molar-refractivity contribution in [2.24, 2.45) is 0 Å². The number of amides is 3. The van der Waals surface area contributed by atoms with Crippen molar-refractivity contribution >= 4 is 47.1 Å². The molecule has 0 aliphatic rings. The van der Waals surface area contributed by atoms with E-state index in [4.69, 9.17) is 0 Å². The Kier molecular flexibility index (Phi) is 9.04. The van der Waals surface area contributed by atoms with E-state index >= 15 is 0 Å². The van der Waals surface area contributed by atoms with E-state index in [-0.39, 0.29) is 23.3 Å². The first-order chi connectivity index (χ1) is 18.5. The number of hydrogen-bond acceptors (Lipinski definition) is 5. The van der Waals surface area contributed by atoms with Crippen LogP contribution in [0.25, 0.3) is 6.08 Å². The molecular weight excluding hydrogens is 496 g/mol. The molecule has 8 heteroatoms. The van der Waals surface area contributed by atoms with Gasteiger partial charge in [-0.25, -0.2) is 4.98 Å². The van der Waals surface area contributed by atoms with Crippen LogP contribution in [0.1, 0.15) is 21.5 Å². The number of nitrogens with zero attached hydrogens (tertiary/aromatic N) is 1. The van der Waals surface area contributed by atoms with Crippen molar-refractivity contribution in [1.82, 2.24) is 10.3 Å². The zero-order valence-electron chi connectivity index (χ0n) is 20.7. The Bertz CT molecular complexity index is 1460. The Morgan fingerprint density at radius 3 is 2.39 bits per heavy atom. The molecule has 0 aliphatic carbocycles. The molecule has 0 saturated carbocycles. The van der Waals surface area contributed by atoms with Crippen LogP contribution < -0.4 is 16.0 Å². The van der Waals surface area contributed by atoms with Crippen LogP contribution in [-0.4, -0.2) is 28.5 Å². The highest BCUT2D eigenvalue weighted by molar-refractivity contribution is 8.00. The summed E-state index contributed by atoms with van der Waals surface area (Å²) >= 11 is 1.33. The van der Waals surface area contributed by atoms with E-state index in [1.54, 1.807) is 72.9 Å². The lowest BCUT2D eigenvalue weighted by atomic mass is 10.1. The van der Waals surface area contributed by atoms with Crippen molar-refractivity contribution in [3.05, 3.63) is 126 Å². The fraction of sp³-hybridized carbons (Fsp3) is 0.0667. The third-order valence-electron chi connectivity index (χ3n) is 5.28. The van der Waals surface area contributed by atoms with Gasteiger partial charge in [-0.1, -0.05) is 60.2 Å². The molecule has 3 aromatic carbocycles. The maximum absolute atomic E-state index is 13.3. The van der Waals surface area contributed by atoms with Gasteiger partial charge in [-0.2, -0.15) is 0 Å². The Hall–Kier alpha value is -4.69. The van der Waals surface area contributed by atoms with Gasteiger partial charge in [0.1, 0.15) is 11.5 Å². The summed E-state index contributed by atoms with van der Waals surface area (Å²) < 4.78 is 0. The van der Waals surface area contributed by atoms with Gasteiger partial charge in [-0.15, -0.1) is 11.8 Å². The smallest absolute Gasteiger partial charge is 0.272 e. The maximum atomic E-state index is 13.3. The number of pyridine rings is 1. The minimum Gasteiger partial charge on any atom is -0.321 e. The molecule has 190 valence electrons. The third kappa shape index (κ3) is 7.91. The van der Waals surface area contributed by atoms with Gasteiger partial charge in [-0.05, 0) is 61.0 Å². The number of carbonyl (C=O) groups is 3. The Labute approximate surface area is 225 Å². The number of carbonyl (C=O) groups excluding carboxylic acids is 3. The Morgan fingerprint density at radius 1 is 0.842 bits per heavy atom. The lowest BCUT2D eigenvalue weighted by Gasteiger charge is -2.12. The molecule has 0 bridgehead atoms. The summed E-state index contributed by atoms with van der Waals surface area (Å²) in [5, 5.41) is 8.35. The van der Waals surface area contributed by atoms with Crippen LogP contribution in [0.15, 0.2) is 114 Å². The molecule has 38 heavy (non-hydrogen) atoms. The number of benzene rings is 3. The lowest BCUT2D eigenvalue weighted by Crippen LogP contribution is -2.30. The summed E-state index contributed by atoms with van der Waals surface area (Å²) in [4.78, 5) is 43.3. The molecule has 7 nitrogen and oxygen atoms in total. The second-order valence-corrected chi connectivity index (χ2v) is 9.37. The molecule has 0 saturated heterocycles. The second kappa shape index (κ2) is 13.0. The van der Waals surface area contributed by atoms with E-state index < -0.39 is 5.91 Å². The first-order valence-corrected chi connectivity index (χ1v) is 12.8. The normalized spacial score (nSPS) is 10.9. The van der Waals surface area contributed by atoms with Crippen LogP contribution in [0.5, 0.6) is 0 Å². The van der Waals surface area contributed by atoms with Gasteiger partial charge in [0.2, 0.25) is 5.91 Å². The summed E-state index contributed by atoms with van der Waals surface area (Å²) in [6, 6.07) is 28.8. The standard InChI is InChI=1S/C30H26N4O3S/c1-21-9-7-10-22(17-21)18-26(33-29(36)23-11-3-2-4-12-23)30(37)32-24-13-8-14-25(19-24)38-20-28(35)34-27-15-5-6-16-31-27/h2-19H,20H2,1H3,(H,32,37)(H,33,36)(H,31,34,35)/b26-18+. The van der Waals surface area contributed by atoms with Gasteiger partial charge in [0.15, 0.2) is 0 Å². The minimum absolute atomic E-state index is 0.109. The number of anilines is 2. The quantitative estimate of drug-likeness (QED) is 0.198. The third-order valence-corrected chi connectivity index (χ3v) is 6.27. The SMILES string of the molecule is Cc1cccc(/C=C(/NC(=O)c2ccccc2)C(=O)Nc2cccc(SCC(=O)Nc3ccccn3)c2)c1. The van der Waals surface area contributed by atoms with Crippen molar-refractivity contribution in [3.63, 3.8) is 0 Å². The predicted molar refractivity (Wildman–Crippen MR) is 152 cm³/mol. The molecule has 1 heterocycles. The molecule has 0 unspecified atom stereocenters. The number of aryl methyl sites for hydroxylation is 1. The average Bonchev–Trinajstić information content (AvgIpc) is 2.93. The highest BCUT2D eigenvalue weighted by atomic mass is 32.2. The molecular formula is C30H26N4O3S. The second-order valence-electron chi connectivity index (χ2n) is 8.33. The zero-order valence-corrected chi connectivity index (χ0v) is 21.5. The van der Waals surface area contributed by atoms with E-state index in [0.717, 1.165) is 16.0 Å². The van der Waals surface area contributed by atoms with E-state index in [0.29, 0.717) is 17.1 Å². The zero-order chi connectivity index (χ0) is 26.7. The Balaban J connectivity index is 1.46. The largest absolute Gasteiger partial charge is 0.321 e. The van der Waals surface area contributed by atoms with Gasteiger partial charge in [-0.3, -0.25) is 14.4 Å². The van der Waals surface area contributed by atoms with Crippen LogP contribution in [0.3, 0.4) is 0 Å². The first kappa shape index (κ1) is 26.4. The van der Waals surface area contributed by atoms with Crippen LogP contribution in [0.4, 0.5) is 11.5 Å². The van der Waals surface area contributed by atoms with E-state index in [9.17, 15) is 14.4 Å². The summed E-state index contributed by atoms with van der Waals surface area (Å²) in [5.74, 6) is -0.368. The molecule has 4 aromatic rings. The highest BCUT2D eigenvalue weighted by Crippen LogP contribution is 2.22. The molecule has 0 aliphatic heterocycles. The van der Waals surface area contributed by atoms with Crippen molar-refractivity contribution in [3.8, 4) is 0 Å². The van der Waals surface area contributed by atoms with Crippen molar-refractivity contribution in [1.29, 1.82) is 0 Å². The minimum atomic E-state index is -0.467. The Morgan fingerprint density at radius 2 is 1.63 bits per heavy atom. The van der Waals surface area contributed by atoms with Crippen molar-refractivity contribution < 1.29 is 14.4 Å². The number of nitrogens with one attached hydrogen (secondary N) is 3. The van der Waals surface area contributed by atoms with Crippen molar-refractivity contribution in [2.45, 2.75) is 11.8 Å². The molecule has 3 amide bonds. The van der Waals surface area contributed by atoms with Crippen LogP contribution in [-0.2, 0) is 9.59 Å². The summed E-state index contributed by atoms with van der Waals surface area (Å²) in [5.41, 5.74) is 2.90. The number of aromatic nitrogens is 1. The highest BCUT2D eigenvalue weighted by Gasteiger charge is 2.15. The maximum Gasteiger partial charge on any atom is 0.272 e. The van der Waals surface area contributed by atoms with Gasteiger partial charge >= 0.3 is 0 Å². The van der Waals surface area contributed by atoms with Crippen molar-refractivity contribution in [2.75, 3.05) is 16.4 Å². The molecule has 0 radical (unpaired) electrons. The van der Waals surface area contributed by atoms with E-state index in [2.05, 4.69) is 20.9 Å². The van der Waals surface area contributed by atoms with Crippen LogP contribution in [0.2, 0.25) is 0 Å². The van der Waals surface area contributed by atoms with Gasteiger partial charge in [0.25, 0.3) is 11.8 Å². The van der Waals surface area contributed by atoms with Gasteiger partial charge < -0.3 is 16.0 Å². The number of rotatable bonds is 9. The molecule has 3 N–H and O–H groups in total. The average molecular weight is 523 g/mol. The summed E-state index contributed by atoms with van der Waals surface area (Å²) in [6.45, 7) is 1.96. The predicted octanol–water partition coefficient (Wildman–Crippen LogP) is 5.53. The van der Waals surface area contributed by atoms with Gasteiger partial charge in [0.05, 0.1) is 5.75 Å². The molecule has 1 aromatic heterocycles. The van der Waals surface area contributed by atoms with Crippen LogP contribution >= 0.6 is 11.8 Å². The molecule has 4 rings (SSSR count). The summed E-state index contributed by atoms with van der Waals surface area (Å²) in [7, 11) is 0. The number of hydrogen-bond donors (Lipinski definition) is 3. The fourth-order valence-electron chi connectivity index (χ4n) is 3.50. The van der Waals surface area contributed by atoms with Gasteiger partial charge in [0, 0.05) is 22.3 Å². The fourth-order valence-corrected chi connectivity index (χ4v) is 4.25.